The maximum atomic E-state index is 10.4. The fourth-order valence-electron chi connectivity index (χ4n) is 2.06. The molecule has 0 aliphatic heterocycles. The summed E-state index contributed by atoms with van der Waals surface area (Å²) < 4.78 is 0. The van der Waals surface area contributed by atoms with Crippen LogP contribution >= 0.6 is 11.6 Å². The number of benzene rings is 1. The topological polar surface area (TPSA) is 90.1 Å². The van der Waals surface area contributed by atoms with E-state index in [4.69, 9.17) is 11.6 Å². The van der Waals surface area contributed by atoms with Gasteiger partial charge in [0.15, 0.2) is 11.5 Å². The molecule has 0 heterocycles. The van der Waals surface area contributed by atoms with Crippen molar-refractivity contribution in [1.82, 2.24) is 0 Å². The molecule has 1 aliphatic carbocycles. The molecule has 6 heteroatoms. The van der Waals surface area contributed by atoms with Crippen LogP contribution in [-0.2, 0) is 10.3 Å². The first kappa shape index (κ1) is 11.8. The Labute approximate surface area is 102 Å². The van der Waals surface area contributed by atoms with Crippen LogP contribution in [-0.4, -0.2) is 21.4 Å². The number of hydrogen-bond donors (Lipinski definition) is 3. The van der Waals surface area contributed by atoms with Gasteiger partial charge in [0.1, 0.15) is 11.3 Å². The van der Waals surface area contributed by atoms with Gasteiger partial charge < -0.3 is 15.3 Å². The van der Waals surface area contributed by atoms with Crippen LogP contribution in [0.15, 0.2) is 11.1 Å². The van der Waals surface area contributed by atoms with Crippen molar-refractivity contribution in [1.29, 1.82) is 0 Å². The van der Waals surface area contributed by atoms with E-state index >= 15 is 0 Å². The molecule has 90 valence electrons. The van der Waals surface area contributed by atoms with Gasteiger partial charge in [-0.1, -0.05) is 11.6 Å². The zero-order valence-corrected chi connectivity index (χ0v) is 9.53. The minimum Gasteiger partial charge on any atom is -0.506 e. The summed E-state index contributed by atoms with van der Waals surface area (Å²) in [5.41, 5.74) is -0.884. The first-order valence-corrected chi connectivity index (χ1v) is 5.42. The highest BCUT2D eigenvalue weighted by atomic mass is 35.5. The quantitative estimate of drug-likeness (QED) is 0.327. The number of aromatic hydroxyl groups is 3. The lowest BCUT2D eigenvalue weighted by atomic mass is 9.72. The normalized spacial score (nSPS) is 17.0. The molecule has 0 saturated heterocycles. The fraction of sp³-hybridized carbons (Fsp3) is 0.364. The van der Waals surface area contributed by atoms with Gasteiger partial charge in [0.25, 0.3) is 0 Å². The Hall–Kier alpha value is -1.71. The fourth-order valence-corrected chi connectivity index (χ4v) is 2.38. The number of isocyanates is 1. The van der Waals surface area contributed by atoms with Gasteiger partial charge in [-0.3, -0.25) is 0 Å². The lowest BCUT2D eigenvalue weighted by molar-refractivity contribution is 0.244. The maximum absolute atomic E-state index is 10.4. The third-order valence-corrected chi connectivity index (χ3v) is 3.49. The molecule has 3 N–H and O–H groups in total. The van der Waals surface area contributed by atoms with E-state index in [1.165, 1.54) is 6.08 Å². The van der Waals surface area contributed by atoms with Crippen LogP contribution in [0.1, 0.15) is 24.8 Å². The summed E-state index contributed by atoms with van der Waals surface area (Å²) in [5.74, 6) is -1.30. The molecule has 17 heavy (non-hydrogen) atoms. The van der Waals surface area contributed by atoms with Gasteiger partial charge in [-0.2, -0.15) is 4.99 Å². The van der Waals surface area contributed by atoms with Crippen molar-refractivity contribution in [2.75, 3.05) is 0 Å². The third-order valence-electron chi connectivity index (χ3n) is 3.10. The maximum Gasteiger partial charge on any atom is 0.235 e. The molecule has 1 fully saturated rings. The largest absolute Gasteiger partial charge is 0.506 e. The molecule has 0 spiro atoms. The van der Waals surface area contributed by atoms with E-state index in [2.05, 4.69) is 4.99 Å². The molecule has 0 atom stereocenters. The van der Waals surface area contributed by atoms with Gasteiger partial charge in [0.05, 0.1) is 5.02 Å². The summed E-state index contributed by atoms with van der Waals surface area (Å²) in [7, 11) is 0. The highest BCUT2D eigenvalue weighted by Crippen LogP contribution is 2.54. The molecular formula is C11H10ClNO4. The Kier molecular flexibility index (Phi) is 2.73. The molecule has 1 aliphatic rings. The number of rotatable bonds is 2. The van der Waals surface area contributed by atoms with Crippen molar-refractivity contribution < 1.29 is 20.1 Å². The van der Waals surface area contributed by atoms with Gasteiger partial charge in [0, 0.05) is 11.6 Å². The van der Waals surface area contributed by atoms with E-state index in [-0.39, 0.29) is 16.3 Å². The van der Waals surface area contributed by atoms with Crippen LogP contribution in [0.4, 0.5) is 0 Å². The standard InChI is InChI=1S/C11H10ClNO4/c12-9-6(15)4-7(16)10(17)8(9)11(13-5-14)2-1-3-11/h4,15-17H,1-3H2. The summed E-state index contributed by atoms with van der Waals surface area (Å²) >= 11 is 5.89. The zero-order valence-electron chi connectivity index (χ0n) is 8.77. The van der Waals surface area contributed by atoms with E-state index in [0.29, 0.717) is 12.8 Å². The molecular weight excluding hydrogens is 246 g/mol. The number of carbonyl (C=O) groups excluding carboxylic acids is 1. The minimum absolute atomic E-state index is 0.0891. The average Bonchev–Trinajstić information content (AvgIpc) is 2.23. The Morgan fingerprint density at radius 2 is 1.94 bits per heavy atom. The molecule has 1 aromatic rings. The summed E-state index contributed by atoms with van der Waals surface area (Å²) in [4.78, 5) is 14.1. The van der Waals surface area contributed by atoms with Gasteiger partial charge in [-0.25, -0.2) is 4.79 Å². The van der Waals surface area contributed by atoms with Crippen molar-refractivity contribution in [3.63, 3.8) is 0 Å². The molecule has 0 amide bonds. The summed E-state index contributed by atoms with van der Waals surface area (Å²) in [6.45, 7) is 0. The monoisotopic (exact) mass is 255 g/mol. The Morgan fingerprint density at radius 3 is 2.41 bits per heavy atom. The van der Waals surface area contributed by atoms with Crippen molar-refractivity contribution >= 4 is 17.7 Å². The molecule has 0 unspecified atom stereocenters. The highest BCUT2D eigenvalue weighted by molar-refractivity contribution is 6.33. The van der Waals surface area contributed by atoms with Crippen molar-refractivity contribution in [2.45, 2.75) is 24.8 Å². The molecule has 0 aromatic heterocycles. The van der Waals surface area contributed by atoms with Crippen LogP contribution in [0, 0.1) is 0 Å². The van der Waals surface area contributed by atoms with E-state index in [1.54, 1.807) is 0 Å². The van der Waals surface area contributed by atoms with E-state index in [9.17, 15) is 20.1 Å². The molecule has 1 aromatic carbocycles. The summed E-state index contributed by atoms with van der Waals surface area (Å²) in [6.07, 6.45) is 3.29. The lowest BCUT2D eigenvalue weighted by Gasteiger charge is -2.38. The SMILES string of the molecule is O=C=NC1(c2c(O)c(O)cc(O)c2Cl)CCC1. The number of hydrogen-bond acceptors (Lipinski definition) is 5. The Bertz CT molecular complexity index is 492. The van der Waals surface area contributed by atoms with Crippen LogP contribution < -0.4 is 0 Å². The number of nitrogens with zero attached hydrogens (tertiary/aromatic N) is 1. The Balaban J connectivity index is 2.69. The number of phenolic OH excluding ortho intramolecular Hbond substituents is 3. The van der Waals surface area contributed by atoms with Gasteiger partial charge in [-0.05, 0) is 19.3 Å². The first-order valence-electron chi connectivity index (χ1n) is 5.05. The van der Waals surface area contributed by atoms with E-state index in [1.807, 2.05) is 0 Å². The third kappa shape index (κ3) is 1.64. The predicted molar refractivity (Wildman–Crippen MR) is 60.1 cm³/mol. The van der Waals surface area contributed by atoms with E-state index in [0.717, 1.165) is 12.5 Å². The number of phenols is 3. The van der Waals surface area contributed by atoms with Crippen LogP contribution in [0.25, 0.3) is 0 Å². The van der Waals surface area contributed by atoms with Crippen LogP contribution in [0.2, 0.25) is 5.02 Å². The smallest absolute Gasteiger partial charge is 0.235 e. The van der Waals surface area contributed by atoms with Crippen molar-refractivity contribution in [3.8, 4) is 17.2 Å². The van der Waals surface area contributed by atoms with Crippen molar-refractivity contribution in [2.24, 2.45) is 4.99 Å². The summed E-state index contributed by atoms with van der Waals surface area (Å²) in [6, 6.07) is 0.943. The predicted octanol–water partition coefficient (Wildman–Crippen LogP) is 2.17. The lowest BCUT2D eigenvalue weighted by Crippen LogP contribution is -2.32. The van der Waals surface area contributed by atoms with Gasteiger partial charge in [0.2, 0.25) is 6.08 Å². The molecule has 2 rings (SSSR count). The molecule has 0 bridgehead atoms. The van der Waals surface area contributed by atoms with Gasteiger partial charge >= 0.3 is 0 Å². The second-order valence-corrected chi connectivity index (χ2v) is 4.42. The molecule has 1 saturated carbocycles. The number of halogens is 1. The summed E-state index contributed by atoms with van der Waals surface area (Å²) in [5, 5.41) is 28.7. The van der Waals surface area contributed by atoms with E-state index < -0.39 is 17.0 Å². The molecule has 5 nitrogen and oxygen atoms in total. The second-order valence-electron chi connectivity index (χ2n) is 4.04. The van der Waals surface area contributed by atoms with Crippen LogP contribution in [0.3, 0.4) is 0 Å². The average molecular weight is 256 g/mol. The zero-order chi connectivity index (χ0) is 12.6. The minimum atomic E-state index is -0.973. The van der Waals surface area contributed by atoms with Gasteiger partial charge in [-0.15, -0.1) is 0 Å². The number of aliphatic imine (C=N–C) groups is 1. The first-order chi connectivity index (χ1) is 8.02. The Morgan fingerprint density at radius 1 is 1.29 bits per heavy atom. The van der Waals surface area contributed by atoms with Crippen molar-refractivity contribution in [3.05, 3.63) is 16.7 Å². The molecule has 0 radical (unpaired) electrons. The highest BCUT2D eigenvalue weighted by Gasteiger charge is 2.44. The second kappa shape index (κ2) is 3.95. The van der Waals surface area contributed by atoms with Crippen LogP contribution in [0.5, 0.6) is 17.2 Å².